The van der Waals surface area contributed by atoms with Crippen molar-refractivity contribution in [2.45, 2.75) is 38.8 Å². The van der Waals surface area contributed by atoms with Crippen LogP contribution in [0.25, 0.3) is 11.1 Å². The molecule has 6 heterocycles. The zero-order valence-corrected chi connectivity index (χ0v) is 24.3. The van der Waals surface area contributed by atoms with Crippen molar-refractivity contribution in [3.05, 3.63) is 81.8 Å². The van der Waals surface area contributed by atoms with E-state index in [4.69, 9.17) is 0 Å². The van der Waals surface area contributed by atoms with E-state index < -0.39 is 0 Å². The van der Waals surface area contributed by atoms with Crippen molar-refractivity contribution in [3.63, 3.8) is 0 Å². The Morgan fingerprint density at radius 3 is 2.63 bits per heavy atom. The maximum absolute atomic E-state index is 13.7. The standard InChI is InChI=1S/C32H36N8O3/c1-37-19-22(16-26(31(37)42)36-29-7-6-23(18-35-29)38-12-10-33-11-13-38)24-8-9-34-30(25(24)20-41)40-15-14-39-27-5-3-2-4-21(27)17-28(39)32(40)43/h6-9,16-19,33,41H,2-5,10-15,20H2,1H3,(H,35,36). The van der Waals surface area contributed by atoms with E-state index in [0.717, 1.165) is 63.1 Å². The lowest BCUT2D eigenvalue weighted by molar-refractivity contribution is 0.0963. The number of rotatable bonds is 6. The molecule has 11 heteroatoms. The number of aryl methyl sites for hydroxylation is 2. The van der Waals surface area contributed by atoms with Crippen LogP contribution >= 0.6 is 0 Å². The minimum Gasteiger partial charge on any atom is -0.392 e. The molecule has 43 heavy (non-hydrogen) atoms. The number of pyridine rings is 3. The first-order chi connectivity index (χ1) is 21.0. The zero-order chi connectivity index (χ0) is 29.5. The average Bonchev–Trinajstić information content (AvgIpc) is 3.43. The van der Waals surface area contributed by atoms with Gasteiger partial charge in [-0.15, -0.1) is 0 Å². The summed E-state index contributed by atoms with van der Waals surface area (Å²) in [7, 11) is 1.70. The smallest absolute Gasteiger partial charge is 0.276 e. The van der Waals surface area contributed by atoms with Gasteiger partial charge in [0.1, 0.15) is 23.0 Å². The van der Waals surface area contributed by atoms with E-state index in [-0.39, 0.29) is 18.1 Å². The van der Waals surface area contributed by atoms with Crippen molar-refractivity contribution in [1.82, 2.24) is 24.4 Å². The van der Waals surface area contributed by atoms with Gasteiger partial charge in [0.25, 0.3) is 11.5 Å². The van der Waals surface area contributed by atoms with Crippen LogP contribution in [0.4, 0.5) is 23.0 Å². The molecule has 1 saturated heterocycles. The molecule has 1 fully saturated rings. The van der Waals surface area contributed by atoms with Crippen LogP contribution in [0.5, 0.6) is 0 Å². The Kier molecular flexibility index (Phi) is 7.20. The van der Waals surface area contributed by atoms with E-state index in [1.54, 1.807) is 30.4 Å². The molecule has 4 aromatic heterocycles. The molecule has 0 unspecified atom stereocenters. The van der Waals surface area contributed by atoms with Gasteiger partial charge in [0.2, 0.25) is 0 Å². The SMILES string of the molecule is Cn1cc(-c2ccnc(N3CCn4c(cc5c4CCCC5)C3=O)c2CO)cc(Nc2ccc(N3CCNCC3)cn2)c1=O. The number of aromatic nitrogens is 4. The van der Waals surface area contributed by atoms with Gasteiger partial charge >= 0.3 is 0 Å². The summed E-state index contributed by atoms with van der Waals surface area (Å²) in [4.78, 5) is 40.0. The van der Waals surface area contributed by atoms with Crippen LogP contribution in [0.1, 0.15) is 40.2 Å². The largest absolute Gasteiger partial charge is 0.392 e. The first-order valence-electron chi connectivity index (χ1n) is 15.0. The van der Waals surface area contributed by atoms with E-state index in [0.29, 0.717) is 47.2 Å². The minimum atomic E-state index is -0.305. The highest BCUT2D eigenvalue weighted by Gasteiger charge is 2.32. The first-order valence-corrected chi connectivity index (χ1v) is 15.0. The lowest BCUT2D eigenvalue weighted by Crippen LogP contribution is -2.43. The first kappa shape index (κ1) is 27.4. The summed E-state index contributed by atoms with van der Waals surface area (Å²) >= 11 is 0. The highest BCUT2D eigenvalue weighted by molar-refractivity contribution is 6.06. The number of amides is 1. The average molecular weight is 581 g/mol. The Morgan fingerprint density at radius 2 is 1.84 bits per heavy atom. The highest BCUT2D eigenvalue weighted by atomic mass is 16.3. The van der Waals surface area contributed by atoms with Gasteiger partial charge in [0, 0.05) is 75.5 Å². The van der Waals surface area contributed by atoms with E-state index in [2.05, 4.69) is 30.1 Å². The van der Waals surface area contributed by atoms with Crippen LogP contribution < -0.4 is 26.0 Å². The van der Waals surface area contributed by atoms with Crippen LogP contribution in [0.15, 0.2) is 53.7 Å². The van der Waals surface area contributed by atoms with E-state index in [1.807, 2.05) is 30.5 Å². The maximum atomic E-state index is 13.7. The Balaban J connectivity index is 1.19. The van der Waals surface area contributed by atoms with Gasteiger partial charge in [-0.1, -0.05) is 0 Å². The molecule has 3 N–H and O–H groups in total. The van der Waals surface area contributed by atoms with Crippen molar-refractivity contribution in [2.75, 3.05) is 47.8 Å². The Morgan fingerprint density at radius 1 is 1.00 bits per heavy atom. The zero-order valence-electron chi connectivity index (χ0n) is 24.3. The molecule has 222 valence electrons. The summed E-state index contributed by atoms with van der Waals surface area (Å²) in [6.45, 7) is 4.60. The number of nitrogens with zero attached hydrogens (tertiary/aromatic N) is 6. The normalized spacial score (nSPS) is 16.7. The summed E-state index contributed by atoms with van der Waals surface area (Å²) in [6.07, 6.45) is 9.55. The molecule has 0 saturated carbocycles. The van der Waals surface area contributed by atoms with Gasteiger partial charge in [-0.3, -0.25) is 14.5 Å². The number of hydrogen-bond donors (Lipinski definition) is 3. The number of aliphatic hydroxyl groups is 1. The summed E-state index contributed by atoms with van der Waals surface area (Å²) in [5.74, 6) is 0.914. The molecule has 0 bridgehead atoms. The number of fused-ring (bicyclic) bond motifs is 3. The van der Waals surface area contributed by atoms with Crippen LogP contribution in [0.3, 0.4) is 0 Å². The maximum Gasteiger partial charge on any atom is 0.276 e. The van der Waals surface area contributed by atoms with E-state index in [1.165, 1.54) is 15.8 Å². The number of hydrogen-bond acceptors (Lipinski definition) is 8. The number of carbonyl (C=O) groups is 1. The van der Waals surface area contributed by atoms with Crippen molar-refractivity contribution in [2.24, 2.45) is 7.05 Å². The lowest BCUT2D eigenvalue weighted by Gasteiger charge is -2.30. The molecular weight excluding hydrogens is 544 g/mol. The van der Waals surface area contributed by atoms with E-state index >= 15 is 0 Å². The summed E-state index contributed by atoms with van der Waals surface area (Å²) in [5.41, 5.74) is 6.44. The fourth-order valence-electron chi connectivity index (χ4n) is 6.64. The molecule has 0 atom stereocenters. The molecule has 3 aliphatic rings. The molecule has 1 amide bonds. The van der Waals surface area contributed by atoms with Gasteiger partial charge in [-0.05, 0) is 67.1 Å². The monoisotopic (exact) mass is 580 g/mol. The van der Waals surface area contributed by atoms with Gasteiger partial charge in [0.15, 0.2) is 0 Å². The summed E-state index contributed by atoms with van der Waals surface area (Å²) < 4.78 is 3.68. The van der Waals surface area contributed by atoms with Crippen LogP contribution in [0.2, 0.25) is 0 Å². The number of carbonyl (C=O) groups excluding carboxylic acids is 1. The van der Waals surface area contributed by atoms with Gasteiger partial charge < -0.3 is 29.8 Å². The van der Waals surface area contributed by atoms with E-state index in [9.17, 15) is 14.7 Å². The topological polar surface area (TPSA) is 121 Å². The molecule has 0 spiro atoms. The Bertz CT molecular complexity index is 1740. The fourth-order valence-corrected chi connectivity index (χ4v) is 6.64. The Labute approximate surface area is 249 Å². The summed E-state index contributed by atoms with van der Waals surface area (Å²) in [5, 5.41) is 17.1. The number of aliphatic hydroxyl groups excluding tert-OH is 1. The lowest BCUT2D eigenvalue weighted by atomic mass is 9.98. The third-order valence-corrected chi connectivity index (χ3v) is 8.85. The number of piperazine rings is 1. The second-order valence-electron chi connectivity index (χ2n) is 11.5. The number of nitrogens with one attached hydrogen (secondary N) is 2. The second kappa shape index (κ2) is 11.3. The quantitative estimate of drug-likeness (QED) is 0.319. The van der Waals surface area contributed by atoms with Gasteiger partial charge in [0.05, 0.1) is 18.5 Å². The highest BCUT2D eigenvalue weighted by Crippen LogP contribution is 2.34. The molecule has 4 aromatic rings. The van der Waals surface area contributed by atoms with Crippen LogP contribution in [-0.2, 0) is 33.0 Å². The van der Waals surface area contributed by atoms with Crippen LogP contribution in [-0.4, -0.2) is 62.8 Å². The third kappa shape index (κ3) is 4.98. The van der Waals surface area contributed by atoms with Crippen molar-refractivity contribution in [1.29, 1.82) is 0 Å². The number of anilines is 4. The van der Waals surface area contributed by atoms with Crippen LogP contribution in [0, 0.1) is 0 Å². The Hall–Kier alpha value is -4.48. The van der Waals surface area contributed by atoms with Crippen molar-refractivity contribution >= 4 is 28.9 Å². The fraction of sp³-hybridized carbons (Fsp3) is 0.375. The molecule has 7 rings (SSSR count). The summed E-state index contributed by atoms with van der Waals surface area (Å²) in [6, 6.07) is 9.51. The molecule has 0 aromatic carbocycles. The van der Waals surface area contributed by atoms with Gasteiger partial charge in [-0.2, -0.15) is 0 Å². The second-order valence-corrected chi connectivity index (χ2v) is 11.5. The molecule has 2 aliphatic heterocycles. The predicted molar refractivity (Wildman–Crippen MR) is 166 cm³/mol. The minimum absolute atomic E-state index is 0.0989. The van der Waals surface area contributed by atoms with Crippen molar-refractivity contribution < 1.29 is 9.90 Å². The molecule has 0 radical (unpaired) electrons. The molecular formula is C32H36N8O3. The van der Waals surface area contributed by atoms with Gasteiger partial charge in [-0.25, -0.2) is 9.97 Å². The molecule has 11 nitrogen and oxygen atoms in total. The molecule has 1 aliphatic carbocycles. The predicted octanol–water partition coefficient (Wildman–Crippen LogP) is 2.83. The third-order valence-electron chi connectivity index (χ3n) is 8.85. The van der Waals surface area contributed by atoms with Crippen molar-refractivity contribution in [3.8, 4) is 11.1 Å².